The Balaban J connectivity index is 1.93. The molecule has 1 aromatic rings. The smallest absolute Gasteiger partial charge is 0.0889 e. The summed E-state index contributed by atoms with van der Waals surface area (Å²) in [5.41, 5.74) is 4.16. The second-order valence-corrected chi connectivity index (χ2v) is 5.20. The van der Waals surface area contributed by atoms with Crippen molar-refractivity contribution in [2.45, 2.75) is 50.9 Å². The van der Waals surface area contributed by atoms with Crippen LogP contribution in [-0.4, -0.2) is 16.3 Å². The highest BCUT2D eigenvalue weighted by Crippen LogP contribution is 2.38. The first-order chi connectivity index (χ1) is 7.86. The summed E-state index contributed by atoms with van der Waals surface area (Å²) in [7, 11) is 2.10. The van der Waals surface area contributed by atoms with Crippen molar-refractivity contribution in [3.63, 3.8) is 0 Å². The number of aromatic nitrogens is 2. The van der Waals surface area contributed by atoms with Crippen LogP contribution in [0.3, 0.4) is 0 Å². The zero-order chi connectivity index (χ0) is 11.0. The van der Waals surface area contributed by atoms with Crippen molar-refractivity contribution in [2.75, 3.05) is 11.9 Å². The molecule has 0 aromatic carbocycles. The van der Waals surface area contributed by atoms with Crippen LogP contribution < -0.4 is 5.32 Å². The molecule has 2 heterocycles. The number of hydrogen-bond donors (Lipinski definition) is 1. The van der Waals surface area contributed by atoms with Gasteiger partial charge in [0.05, 0.1) is 17.1 Å². The minimum atomic E-state index is 0.717. The predicted molar refractivity (Wildman–Crippen MR) is 65.8 cm³/mol. The highest BCUT2D eigenvalue weighted by molar-refractivity contribution is 5.56. The molecular weight excluding hydrogens is 198 g/mol. The maximum atomic E-state index is 4.77. The number of fused-ring (bicyclic) bond motifs is 1. The normalized spacial score (nSPS) is 21.6. The fourth-order valence-electron chi connectivity index (χ4n) is 3.19. The molecular formula is C13H21N3. The van der Waals surface area contributed by atoms with Crippen LogP contribution in [0.4, 0.5) is 5.69 Å². The van der Waals surface area contributed by atoms with Crippen molar-refractivity contribution < 1.29 is 0 Å². The molecule has 0 amide bonds. The van der Waals surface area contributed by atoms with Gasteiger partial charge in [-0.05, 0) is 25.7 Å². The largest absolute Gasteiger partial charge is 0.382 e. The number of hydrogen-bond acceptors (Lipinski definition) is 2. The van der Waals surface area contributed by atoms with E-state index in [-0.39, 0.29) is 0 Å². The molecule has 0 radical (unpaired) electrons. The molecule has 0 bridgehead atoms. The third-order valence-corrected chi connectivity index (χ3v) is 4.08. The summed E-state index contributed by atoms with van der Waals surface area (Å²) in [6.45, 7) is 1.12. The van der Waals surface area contributed by atoms with E-state index in [0.717, 1.165) is 6.54 Å². The van der Waals surface area contributed by atoms with Gasteiger partial charge in [-0.25, -0.2) is 0 Å². The lowest BCUT2D eigenvalue weighted by molar-refractivity contribution is 0.434. The van der Waals surface area contributed by atoms with Gasteiger partial charge in [0.1, 0.15) is 0 Å². The minimum Gasteiger partial charge on any atom is -0.382 e. The average molecular weight is 219 g/mol. The topological polar surface area (TPSA) is 29.9 Å². The lowest BCUT2D eigenvalue weighted by atomic mass is 9.86. The van der Waals surface area contributed by atoms with Gasteiger partial charge < -0.3 is 5.32 Å². The molecule has 0 saturated heterocycles. The lowest BCUT2D eigenvalue weighted by Gasteiger charge is -2.22. The molecule has 1 aliphatic carbocycles. The van der Waals surface area contributed by atoms with Crippen molar-refractivity contribution in [1.29, 1.82) is 0 Å². The SMILES string of the molecule is Cn1nc(C2CCCCC2)c2c1CCCN2. The number of nitrogens with zero attached hydrogens (tertiary/aromatic N) is 2. The summed E-state index contributed by atoms with van der Waals surface area (Å²) in [5.74, 6) is 0.717. The minimum absolute atomic E-state index is 0.717. The van der Waals surface area contributed by atoms with E-state index in [9.17, 15) is 0 Å². The Morgan fingerprint density at radius 1 is 1.19 bits per heavy atom. The van der Waals surface area contributed by atoms with Gasteiger partial charge in [-0.15, -0.1) is 0 Å². The molecule has 88 valence electrons. The van der Waals surface area contributed by atoms with Crippen LogP contribution in [0.2, 0.25) is 0 Å². The van der Waals surface area contributed by atoms with Gasteiger partial charge in [-0.3, -0.25) is 4.68 Å². The van der Waals surface area contributed by atoms with E-state index < -0.39 is 0 Å². The number of rotatable bonds is 1. The molecule has 2 aliphatic rings. The molecule has 1 aliphatic heterocycles. The first kappa shape index (κ1) is 10.2. The van der Waals surface area contributed by atoms with Crippen LogP contribution >= 0.6 is 0 Å². The summed E-state index contributed by atoms with van der Waals surface area (Å²) in [6.07, 6.45) is 9.30. The Kier molecular flexibility index (Phi) is 2.62. The quantitative estimate of drug-likeness (QED) is 0.787. The highest BCUT2D eigenvalue weighted by atomic mass is 15.3. The Morgan fingerprint density at radius 2 is 2.00 bits per heavy atom. The number of aryl methyl sites for hydroxylation is 1. The summed E-state index contributed by atoms with van der Waals surface area (Å²) in [4.78, 5) is 0. The van der Waals surface area contributed by atoms with Crippen LogP contribution in [0.25, 0.3) is 0 Å². The Hall–Kier alpha value is -0.990. The van der Waals surface area contributed by atoms with E-state index in [1.165, 1.54) is 62.0 Å². The maximum absolute atomic E-state index is 4.77. The van der Waals surface area contributed by atoms with E-state index in [2.05, 4.69) is 17.0 Å². The summed E-state index contributed by atoms with van der Waals surface area (Å²) in [5, 5.41) is 8.34. The Bertz CT molecular complexity index is 375. The summed E-state index contributed by atoms with van der Waals surface area (Å²) >= 11 is 0. The molecule has 1 aromatic heterocycles. The van der Waals surface area contributed by atoms with Crippen LogP contribution in [0.15, 0.2) is 0 Å². The highest BCUT2D eigenvalue weighted by Gasteiger charge is 2.26. The van der Waals surface area contributed by atoms with E-state index in [4.69, 9.17) is 5.10 Å². The Labute approximate surface area is 97.2 Å². The molecule has 1 fully saturated rings. The molecule has 0 unspecified atom stereocenters. The first-order valence-corrected chi connectivity index (χ1v) is 6.66. The first-order valence-electron chi connectivity index (χ1n) is 6.66. The van der Waals surface area contributed by atoms with E-state index in [1.54, 1.807) is 0 Å². The van der Waals surface area contributed by atoms with Gasteiger partial charge in [-0.2, -0.15) is 5.10 Å². The Morgan fingerprint density at radius 3 is 2.81 bits per heavy atom. The molecule has 16 heavy (non-hydrogen) atoms. The molecule has 0 spiro atoms. The molecule has 3 nitrogen and oxygen atoms in total. The van der Waals surface area contributed by atoms with Crippen LogP contribution in [0.1, 0.15) is 55.8 Å². The van der Waals surface area contributed by atoms with Gasteiger partial charge in [0, 0.05) is 19.5 Å². The summed E-state index contributed by atoms with van der Waals surface area (Å²) < 4.78 is 2.10. The fourth-order valence-corrected chi connectivity index (χ4v) is 3.19. The van der Waals surface area contributed by atoms with E-state index in [0.29, 0.717) is 5.92 Å². The van der Waals surface area contributed by atoms with Gasteiger partial charge >= 0.3 is 0 Å². The van der Waals surface area contributed by atoms with Crippen LogP contribution in [-0.2, 0) is 13.5 Å². The van der Waals surface area contributed by atoms with Crippen LogP contribution in [0.5, 0.6) is 0 Å². The monoisotopic (exact) mass is 219 g/mol. The van der Waals surface area contributed by atoms with Gasteiger partial charge in [0.2, 0.25) is 0 Å². The number of nitrogens with one attached hydrogen (secondary N) is 1. The third kappa shape index (κ3) is 1.62. The van der Waals surface area contributed by atoms with Crippen molar-refractivity contribution in [1.82, 2.24) is 9.78 Å². The summed E-state index contributed by atoms with van der Waals surface area (Å²) in [6, 6.07) is 0. The van der Waals surface area contributed by atoms with Gasteiger partial charge in [0.25, 0.3) is 0 Å². The van der Waals surface area contributed by atoms with E-state index >= 15 is 0 Å². The third-order valence-electron chi connectivity index (χ3n) is 4.08. The van der Waals surface area contributed by atoms with E-state index in [1.807, 2.05) is 0 Å². The standard InChI is InChI=1S/C13H21N3/c1-16-11-8-5-9-14-13(11)12(15-16)10-6-3-2-4-7-10/h10,14H,2-9H2,1H3. The fraction of sp³-hybridized carbons (Fsp3) is 0.769. The molecule has 0 atom stereocenters. The second kappa shape index (κ2) is 4.11. The molecule has 1 saturated carbocycles. The van der Waals surface area contributed by atoms with Crippen molar-refractivity contribution in [3.8, 4) is 0 Å². The van der Waals surface area contributed by atoms with Crippen molar-refractivity contribution >= 4 is 5.69 Å². The zero-order valence-electron chi connectivity index (χ0n) is 10.1. The van der Waals surface area contributed by atoms with Crippen LogP contribution in [0, 0.1) is 0 Å². The average Bonchev–Trinajstić information content (AvgIpc) is 2.69. The zero-order valence-corrected chi connectivity index (χ0v) is 10.1. The maximum Gasteiger partial charge on any atom is 0.0889 e. The van der Waals surface area contributed by atoms with Crippen molar-refractivity contribution in [3.05, 3.63) is 11.4 Å². The molecule has 3 heteroatoms. The lowest BCUT2D eigenvalue weighted by Crippen LogP contribution is -2.14. The predicted octanol–water partition coefficient (Wildman–Crippen LogP) is 2.83. The van der Waals surface area contributed by atoms with Gasteiger partial charge in [0.15, 0.2) is 0 Å². The second-order valence-electron chi connectivity index (χ2n) is 5.20. The van der Waals surface area contributed by atoms with Crippen molar-refractivity contribution in [2.24, 2.45) is 7.05 Å². The molecule has 3 rings (SSSR count). The van der Waals surface area contributed by atoms with Gasteiger partial charge in [-0.1, -0.05) is 19.3 Å². The molecule has 1 N–H and O–H groups in total. The number of anilines is 1.